The number of ether oxygens (including phenoxy) is 2. The Hall–Kier alpha value is -2.48. The number of rotatable bonds is 6. The third-order valence-electron chi connectivity index (χ3n) is 5.56. The number of methoxy groups -OCH3 is 1. The second kappa shape index (κ2) is 9.34. The van der Waals surface area contributed by atoms with Crippen LogP contribution in [0.25, 0.3) is 10.9 Å². The summed E-state index contributed by atoms with van der Waals surface area (Å²) in [6, 6.07) is 10.3. The molecule has 0 aliphatic carbocycles. The van der Waals surface area contributed by atoms with Crippen LogP contribution in [0.3, 0.4) is 0 Å². The first-order valence-electron chi connectivity index (χ1n) is 10.1. The van der Waals surface area contributed by atoms with E-state index in [1.165, 1.54) is 4.57 Å². The second-order valence-electron chi connectivity index (χ2n) is 7.53. The maximum Gasteiger partial charge on any atom is 0.328 e. The number of aromatic amines is 1. The van der Waals surface area contributed by atoms with Gasteiger partial charge in [-0.3, -0.25) is 9.36 Å². The molecule has 1 aromatic heterocycles. The van der Waals surface area contributed by atoms with Crippen molar-refractivity contribution in [3.63, 3.8) is 0 Å². The lowest BCUT2D eigenvalue weighted by Gasteiger charge is -2.32. The van der Waals surface area contributed by atoms with Crippen molar-refractivity contribution in [3.05, 3.63) is 67.3 Å². The van der Waals surface area contributed by atoms with Crippen molar-refractivity contribution >= 4 is 34.1 Å². The number of hydrogen-bond donors (Lipinski definition) is 1. The first-order chi connectivity index (χ1) is 14.9. The summed E-state index contributed by atoms with van der Waals surface area (Å²) in [5.74, 6) is 1.28. The summed E-state index contributed by atoms with van der Waals surface area (Å²) in [7, 11) is 1.54. The fourth-order valence-electron chi connectivity index (χ4n) is 3.79. The van der Waals surface area contributed by atoms with Crippen LogP contribution in [0, 0.1) is 0 Å². The highest BCUT2D eigenvalue weighted by atomic mass is 35.5. The Balaban J connectivity index is 1.37. The average molecular weight is 464 g/mol. The van der Waals surface area contributed by atoms with Crippen LogP contribution < -0.4 is 20.7 Å². The van der Waals surface area contributed by atoms with Crippen LogP contribution in [0.5, 0.6) is 11.5 Å². The molecule has 0 radical (unpaired) electrons. The molecule has 1 aliphatic heterocycles. The lowest BCUT2D eigenvalue weighted by Crippen LogP contribution is -2.43. The molecule has 2 aromatic carbocycles. The molecule has 3 aromatic rings. The summed E-state index contributed by atoms with van der Waals surface area (Å²) in [6.07, 6.45) is 1.79. The number of piperidine rings is 1. The Morgan fingerprint density at radius 1 is 1.00 bits per heavy atom. The summed E-state index contributed by atoms with van der Waals surface area (Å²) in [4.78, 5) is 30.2. The predicted molar refractivity (Wildman–Crippen MR) is 122 cm³/mol. The first kappa shape index (κ1) is 21.7. The highest BCUT2D eigenvalue weighted by Crippen LogP contribution is 2.28. The molecular weight excluding hydrogens is 441 g/mol. The van der Waals surface area contributed by atoms with E-state index in [4.69, 9.17) is 32.7 Å². The van der Waals surface area contributed by atoms with Gasteiger partial charge in [-0.15, -0.1) is 0 Å². The molecule has 7 nitrogen and oxygen atoms in total. The first-order valence-corrected chi connectivity index (χ1v) is 10.8. The van der Waals surface area contributed by atoms with Gasteiger partial charge in [0.1, 0.15) is 17.6 Å². The Morgan fingerprint density at radius 2 is 1.74 bits per heavy atom. The largest absolute Gasteiger partial charge is 0.497 e. The van der Waals surface area contributed by atoms with Crippen molar-refractivity contribution in [2.45, 2.75) is 25.5 Å². The van der Waals surface area contributed by atoms with Gasteiger partial charge in [0.2, 0.25) is 0 Å². The second-order valence-corrected chi connectivity index (χ2v) is 8.35. The Bertz CT molecular complexity index is 1200. The fourth-order valence-corrected chi connectivity index (χ4v) is 4.08. The summed E-state index contributed by atoms with van der Waals surface area (Å²) in [5, 5.41) is 1.41. The van der Waals surface area contributed by atoms with Crippen LogP contribution in [0.15, 0.2) is 46.0 Å². The number of nitrogens with one attached hydrogen (secondary N) is 1. The molecule has 0 bridgehead atoms. The molecule has 0 saturated carbocycles. The van der Waals surface area contributed by atoms with E-state index in [9.17, 15) is 9.59 Å². The summed E-state index contributed by atoms with van der Waals surface area (Å²) < 4.78 is 12.5. The van der Waals surface area contributed by atoms with E-state index in [0.717, 1.165) is 25.9 Å². The van der Waals surface area contributed by atoms with E-state index in [2.05, 4.69) is 9.88 Å². The van der Waals surface area contributed by atoms with Crippen molar-refractivity contribution in [2.24, 2.45) is 0 Å². The number of likely N-dealkylation sites (tertiary alicyclic amines) is 1. The molecule has 0 unspecified atom stereocenters. The van der Waals surface area contributed by atoms with E-state index in [-0.39, 0.29) is 11.7 Å². The number of H-pyrrole nitrogens is 1. The zero-order valence-electron chi connectivity index (χ0n) is 17.1. The Morgan fingerprint density at radius 3 is 2.45 bits per heavy atom. The minimum absolute atomic E-state index is 0.0905. The van der Waals surface area contributed by atoms with E-state index in [1.54, 1.807) is 37.4 Å². The van der Waals surface area contributed by atoms with Crippen LogP contribution in [-0.2, 0) is 6.54 Å². The minimum Gasteiger partial charge on any atom is -0.497 e. The molecule has 31 heavy (non-hydrogen) atoms. The predicted octanol–water partition coefficient (Wildman–Crippen LogP) is 3.55. The van der Waals surface area contributed by atoms with Crippen molar-refractivity contribution in [3.8, 4) is 11.5 Å². The topological polar surface area (TPSA) is 76.6 Å². The maximum absolute atomic E-state index is 12.8. The highest BCUT2D eigenvalue weighted by Gasteiger charge is 2.21. The Kier molecular flexibility index (Phi) is 6.55. The number of benzene rings is 2. The van der Waals surface area contributed by atoms with E-state index < -0.39 is 5.69 Å². The molecule has 9 heteroatoms. The summed E-state index contributed by atoms with van der Waals surface area (Å²) in [6.45, 7) is 2.57. The fraction of sp³-hybridized carbons (Fsp3) is 0.364. The van der Waals surface area contributed by atoms with Gasteiger partial charge in [0.15, 0.2) is 0 Å². The van der Waals surface area contributed by atoms with Crippen molar-refractivity contribution in [1.82, 2.24) is 14.5 Å². The van der Waals surface area contributed by atoms with E-state index in [0.29, 0.717) is 45.5 Å². The highest BCUT2D eigenvalue weighted by molar-refractivity contribution is 6.42. The van der Waals surface area contributed by atoms with Gasteiger partial charge in [-0.05, 0) is 43.2 Å². The molecule has 164 valence electrons. The zero-order chi connectivity index (χ0) is 22.0. The third kappa shape index (κ3) is 4.89. The van der Waals surface area contributed by atoms with E-state index in [1.807, 2.05) is 6.07 Å². The van der Waals surface area contributed by atoms with Crippen molar-refractivity contribution in [2.75, 3.05) is 26.7 Å². The number of nitrogens with zero attached hydrogens (tertiary/aromatic N) is 2. The van der Waals surface area contributed by atoms with Crippen molar-refractivity contribution in [1.29, 1.82) is 0 Å². The Labute approximate surface area is 189 Å². The third-order valence-corrected chi connectivity index (χ3v) is 6.30. The molecule has 1 saturated heterocycles. The average Bonchev–Trinajstić information content (AvgIpc) is 2.77. The van der Waals surface area contributed by atoms with Gasteiger partial charge in [-0.1, -0.05) is 23.2 Å². The van der Waals surface area contributed by atoms with Crippen molar-refractivity contribution < 1.29 is 9.47 Å². The zero-order valence-corrected chi connectivity index (χ0v) is 18.6. The maximum atomic E-state index is 12.8. The molecule has 0 spiro atoms. The van der Waals surface area contributed by atoms with Crippen LogP contribution in [0.2, 0.25) is 10.0 Å². The molecule has 1 fully saturated rings. The number of aromatic nitrogens is 2. The van der Waals surface area contributed by atoms with Crippen LogP contribution >= 0.6 is 23.2 Å². The standard InChI is InChI=1S/C22H23Cl2N3O4/c1-30-15-3-5-20-17(12-15)21(28)27(22(29)25-20)11-10-26-8-6-14(7-9-26)31-16-2-4-18(23)19(24)13-16/h2-5,12-14H,6-11H2,1H3,(H,25,29). The number of fused-ring (bicyclic) bond motifs is 1. The van der Waals surface area contributed by atoms with Gasteiger partial charge in [0.05, 0.1) is 28.1 Å². The van der Waals surface area contributed by atoms with Gasteiger partial charge in [0.25, 0.3) is 5.56 Å². The van der Waals surface area contributed by atoms with Gasteiger partial charge < -0.3 is 19.4 Å². The van der Waals surface area contributed by atoms with Gasteiger partial charge in [-0.25, -0.2) is 4.79 Å². The normalized spacial score (nSPS) is 15.3. The molecule has 4 rings (SSSR count). The monoisotopic (exact) mass is 463 g/mol. The van der Waals surface area contributed by atoms with Gasteiger partial charge in [-0.2, -0.15) is 0 Å². The number of halogens is 2. The smallest absolute Gasteiger partial charge is 0.328 e. The molecule has 1 aliphatic rings. The molecule has 0 atom stereocenters. The summed E-state index contributed by atoms with van der Waals surface area (Å²) in [5.41, 5.74) is -0.205. The SMILES string of the molecule is COc1ccc2[nH]c(=O)n(CCN3CCC(Oc4ccc(Cl)c(Cl)c4)CC3)c(=O)c2c1. The van der Waals surface area contributed by atoms with Crippen LogP contribution in [0.4, 0.5) is 0 Å². The lowest BCUT2D eigenvalue weighted by molar-refractivity contribution is 0.0982. The molecule has 2 heterocycles. The van der Waals surface area contributed by atoms with Crippen LogP contribution in [0.1, 0.15) is 12.8 Å². The van der Waals surface area contributed by atoms with E-state index >= 15 is 0 Å². The van der Waals surface area contributed by atoms with Crippen LogP contribution in [-0.4, -0.2) is 47.3 Å². The molecular formula is C22H23Cl2N3O4. The number of hydrogen-bond acceptors (Lipinski definition) is 5. The minimum atomic E-state index is -0.402. The van der Waals surface area contributed by atoms with Gasteiger partial charge in [0, 0.05) is 32.2 Å². The van der Waals surface area contributed by atoms with Gasteiger partial charge >= 0.3 is 5.69 Å². The lowest BCUT2D eigenvalue weighted by atomic mass is 10.1. The molecule has 0 amide bonds. The quantitative estimate of drug-likeness (QED) is 0.604. The molecule has 1 N–H and O–H groups in total. The summed E-state index contributed by atoms with van der Waals surface area (Å²) >= 11 is 12.0.